The minimum atomic E-state index is -0.215. The molecule has 0 aliphatic carbocycles. The van der Waals surface area contributed by atoms with Crippen LogP contribution in [0.25, 0.3) is 0 Å². The van der Waals surface area contributed by atoms with Crippen LogP contribution in [-0.4, -0.2) is 79.2 Å². The lowest BCUT2D eigenvalue weighted by Gasteiger charge is -2.13. The van der Waals surface area contributed by atoms with Crippen molar-refractivity contribution in [1.82, 2.24) is 20.3 Å². The Morgan fingerprint density at radius 2 is 1.65 bits per heavy atom. The Labute approximate surface area is 234 Å². The summed E-state index contributed by atoms with van der Waals surface area (Å²) in [6.45, 7) is 7.23. The molecule has 214 valence electrons. The molecule has 0 aliphatic rings. The summed E-state index contributed by atoms with van der Waals surface area (Å²) in [7, 11) is 0. The number of carbonyl (C=O) groups is 2. The van der Waals surface area contributed by atoms with Crippen molar-refractivity contribution >= 4 is 35.7 Å². The molecular weight excluding hydrogens is 512 g/mol. The fourth-order valence-corrected chi connectivity index (χ4v) is 3.53. The smallest absolute Gasteiger partial charge is 0.251 e. The average molecular weight is 551 g/mol. The molecule has 12 heteroatoms. The van der Waals surface area contributed by atoms with E-state index in [1.807, 2.05) is 32.0 Å². The first-order valence-corrected chi connectivity index (χ1v) is 13.3. The van der Waals surface area contributed by atoms with Crippen molar-refractivity contribution in [2.24, 2.45) is 5.73 Å². The number of nitrogens with zero attached hydrogens (tertiary/aromatic N) is 3. The van der Waals surface area contributed by atoms with E-state index in [1.54, 1.807) is 30.3 Å². The highest BCUT2D eigenvalue weighted by Gasteiger charge is 2.10. The molecule has 0 unspecified atom stereocenters. The highest BCUT2D eigenvalue weighted by atomic mass is 16.5. The van der Waals surface area contributed by atoms with Crippen LogP contribution in [0.1, 0.15) is 40.1 Å². The highest BCUT2D eigenvalue weighted by molar-refractivity contribution is 5.95. The summed E-state index contributed by atoms with van der Waals surface area (Å²) in [5.74, 6) is 0.951. The normalized spacial score (nSPS) is 10.8. The largest absolute Gasteiger partial charge is 0.378 e. The molecule has 1 amide bonds. The second kappa shape index (κ2) is 16.7. The summed E-state index contributed by atoms with van der Waals surface area (Å²) in [6, 6.07) is 14.6. The molecule has 0 spiro atoms. The van der Waals surface area contributed by atoms with Crippen molar-refractivity contribution in [1.29, 1.82) is 0 Å². The van der Waals surface area contributed by atoms with E-state index < -0.39 is 0 Å². The first-order valence-electron chi connectivity index (χ1n) is 13.3. The van der Waals surface area contributed by atoms with Gasteiger partial charge in [0.2, 0.25) is 17.8 Å². The van der Waals surface area contributed by atoms with Crippen LogP contribution in [0.2, 0.25) is 0 Å². The predicted molar refractivity (Wildman–Crippen MR) is 155 cm³/mol. The fourth-order valence-electron chi connectivity index (χ4n) is 3.53. The van der Waals surface area contributed by atoms with E-state index in [9.17, 15) is 9.59 Å². The summed E-state index contributed by atoms with van der Waals surface area (Å²) in [4.78, 5) is 36.9. The fraction of sp³-hybridized carbons (Fsp3) is 0.393. The molecule has 40 heavy (non-hydrogen) atoms. The Bertz CT molecular complexity index is 1210. The summed E-state index contributed by atoms with van der Waals surface area (Å²) < 4.78 is 10.7. The summed E-state index contributed by atoms with van der Waals surface area (Å²) in [5, 5.41) is 12.5. The van der Waals surface area contributed by atoms with E-state index in [1.165, 1.54) is 0 Å². The molecule has 0 radical (unpaired) electrons. The van der Waals surface area contributed by atoms with Gasteiger partial charge in [0, 0.05) is 42.5 Å². The van der Waals surface area contributed by atoms with E-state index in [0.29, 0.717) is 80.7 Å². The van der Waals surface area contributed by atoms with Crippen LogP contribution < -0.4 is 27.0 Å². The van der Waals surface area contributed by atoms with E-state index in [2.05, 4.69) is 36.2 Å². The summed E-state index contributed by atoms with van der Waals surface area (Å²) in [5.41, 5.74) is 8.24. The number of hydrogen-bond acceptors (Lipinski definition) is 11. The van der Waals surface area contributed by atoms with Crippen LogP contribution in [0.5, 0.6) is 0 Å². The number of hydrogen-bond donors (Lipinski definition) is 5. The van der Waals surface area contributed by atoms with Crippen molar-refractivity contribution in [3.05, 3.63) is 65.2 Å². The van der Waals surface area contributed by atoms with Gasteiger partial charge in [-0.05, 0) is 44.0 Å². The van der Waals surface area contributed by atoms with Crippen molar-refractivity contribution < 1.29 is 19.1 Å². The second-order valence-electron chi connectivity index (χ2n) is 9.12. The van der Waals surface area contributed by atoms with Gasteiger partial charge in [0.25, 0.3) is 5.91 Å². The minimum absolute atomic E-state index is 0.119. The molecule has 0 saturated heterocycles. The number of ether oxygens (including phenoxy) is 2. The number of nitrogens with one attached hydrogen (secondary N) is 4. The van der Waals surface area contributed by atoms with Gasteiger partial charge in [-0.1, -0.05) is 30.3 Å². The van der Waals surface area contributed by atoms with Gasteiger partial charge < -0.3 is 36.5 Å². The van der Waals surface area contributed by atoms with Gasteiger partial charge >= 0.3 is 0 Å². The second-order valence-corrected chi connectivity index (χ2v) is 9.12. The van der Waals surface area contributed by atoms with Gasteiger partial charge in [-0.2, -0.15) is 15.0 Å². The van der Waals surface area contributed by atoms with Gasteiger partial charge in [-0.15, -0.1) is 0 Å². The number of amides is 1. The van der Waals surface area contributed by atoms with Crippen molar-refractivity contribution in [2.75, 3.05) is 62.0 Å². The predicted octanol–water partition coefficient (Wildman–Crippen LogP) is 2.62. The molecule has 0 saturated carbocycles. The van der Waals surface area contributed by atoms with Gasteiger partial charge in [0.05, 0.1) is 26.4 Å². The summed E-state index contributed by atoms with van der Waals surface area (Å²) in [6.07, 6.45) is 1.55. The Hall–Kier alpha value is -4.13. The zero-order chi connectivity index (χ0) is 28.6. The maximum absolute atomic E-state index is 12.6. The Balaban J connectivity index is 1.57. The lowest BCUT2D eigenvalue weighted by molar-refractivity contribution is 0.0511. The first-order chi connectivity index (χ1) is 19.5. The number of nitrogens with two attached hydrogens (primary N) is 1. The van der Waals surface area contributed by atoms with Gasteiger partial charge in [0.1, 0.15) is 6.29 Å². The van der Waals surface area contributed by atoms with Crippen molar-refractivity contribution in [2.45, 2.75) is 26.3 Å². The Morgan fingerprint density at radius 3 is 2.38 bits per heavy atom. The molecule has 6 N–H and O–H groups in total. The molecule has 0 atom stereocenters. The number of benzene rings is 2. The molecule has 3 rings (SSSR count). The van der Waals surface area contributed by atoms with Crippen LogP contribution in [0.3, 0.4) is 0 Å². The molecule has 1 aromatic heterocycles. The number of aromatic nitrogens is 3. The Kier molecular flexibility index (Phi) is 12.7. The molecule has 2 aromatic carbocycles. The molecule has 3 aromatic rings. The summed E-state index contributed by atoms with van der Waals surface area (Å²) >= 11 is 0. The van der Waals surface area contributed by atoms with Crippen LogP contribution in [0.4, 0.5) is 23.5 Å². The SMILES string of the molecule is CC(C)Nc1nc(NCCc2ccc(C=O)cc2)nc(Nc2cccc(C(=O)NCCOCCOCCN)c2)n1. The third-order valence-electron chi connectivity index (χ3n) is 5.41. The van der Waals surface area contributed by atoms with Gasteiger partial charge in [0.15, 0.2) is 0 Å². The van der Waals surface area contributed by atoms with Crippen LogP contribution in [0, 0.1) is 0 Å². The quantitative estimate of drug-likeness (QED) is 0.117. The standard InChI is InChI=1S/C28H38N8O4/c1-20(2)32-27-34-26(31-12-10-21-6-8-22(19-37)9-7-21)35-28(36-27)33-24-5-3-4-23(18-24)25(38)30-13-15-40-17-16-39-14-11-29/h3-9,18-20H,10-17,29H2,1-2H3,(H,30,38)(H3,31,32,33,34,35,36). The van der Waals surface area contributed by atoms with E-state index in [4.69, 9.17) is 15.2 Å². The van der Waals surface area contributed by atoms with Crippen LogP contribution >= 0.6 is 0 Å². The van der Waals surface area contributed by atoms with E-state index >= 15 is 0 Å². The zero-order valence-electron chi connectivity index (χ0n) is 23.0. The highest BCUT2D eigenvalue weighted by Crippen LogP contribution is 2.18. The molecular formula is C28H38N8O4. The molecule has 0 aliphatic heterocycles. The molecule has 0 bridgehead atoms. The Morgan fingerprint density at radius 1 is 0.925 bits per heavy atom. The zero-order valence-corrected chi connectivity index (χ0v) is 23.0. The lowest BCUT2D eigenvalue weighted by Crippen LogP contribution is -2.27. The van der Waals surface area contributed by atoms with Gasteiger partial charge in [-0.3, -0.25) is 9.59 Å². The van der Waals surface area contributed by atoms with Crippen LogP contribution in [0.15, 0.2) is 48.5 Å². The topological polar surface area (TPSA) is 165 Å². The molecule has 0 fully saturated rings. The molecule has 1 heterocycles. The number of anilines is 4. The van der Waals surface area contributed by atoms with E-state index in [0.717, 1.165) is 18.3 Å². The maximum Gasteiger partial charge on any atom is 0.251 e. The molecule has 12 nitrogen and oxygen atoms in total. The number of carbonyl (C=O) groups excluding carboxylic acids is 2. The number of aldehydes is 1. The van der Waals surface area contributed by atoms with E-state index in [-0.39, 0.29) is 11.9 Å². The monoisotopic (exact) mass is 550 g/mol. The first kappa shape index (κ1) is 30.4. The lowest BCUT2D eigenvalue weighted by atomic mass is 10.1. The van der Waals surface area contributed by atoms with Crippen molar-refractivity contribution in [3.63, 3.8) is 0 Å². The van der Waals surface area contributed by atoms with Gasteiger partial charge in [-0.25, -0.2) is 0 Å². The maximum atomic E-state index is 12.6. The number of rotatable bonds is 18. The average Bonchev–Trinajstić information content (AvgIpc) is 2.94. The van der Waals surface area contributed by atoms with Crippen molar-refractivity contribution in [3.8, 4) is 0 Å². The van der Waals surface area contributed by atoms with Crippen LogP contribution in [-0.2, 0) is 15.9 Å². The third kappa shape index (κ3) is 10.9. The third-order valence-corrected chi connectivity index (χ3v) is 5.41. The minimum Gasteiger partial charge on any atom is -0.378 e.